The molecule has 3 aromatic rings. The predicted molar refractivity (Wildman–Crippen MR) is 94.2 cm³/mol. The molecule has 0 fully saturated rings. The maximum atomic E-state index is 12.6. The molecule has 0 amide bonds. The van der Waals surface area contributed by atoms with Gasteiger partial charge in [0.25, 0.3) is 0 Å². The van der Waals surface area contributed by atoms with Crippen LogP contribution in [0.25, 0.3) is 11.6 Å². The van der Waals surface area contributed by atoms with Gasteiger partial charge in [0, 0.05) is 21.6 Å². The summed E-state index contributed by atoms with van der Waals surface area (Å²) in [6.45, 7) is 0. The molecule has 1 aromatic heterocycles. The van der Waals surface area contributed by atoms with Gasteiger partial charge in [-0.15, -0.1) is 11.3 Å². The maximum absolute atomic E-state index is 12.6. The average Bonchev–Trinajstić information content (AvgIpc) is 3.09. The Hall–Kier alpha value is -2.65. The largest absolute Gasteiger partial charge is 0.497 e. The van der Waals surface area contributed by atoms with E-state index in [4.69, 9.17) is 4.74 Å². The second-order valence-electron chi connectivity index (χ2n) is 5.37. The molecule has 0 saturated heterocycles. The average molecular weight is 318 g/mol. The van der Waals surface area contributed by atoms with Gasteiger partial charge in [-0.25, -0.2) is 0 Å². The fourth-order valence-electron chi connectivity index (χ4n) is 2.89. The first-order chi connectivity index (χ1) is 11.3. The second-order valence-corrected chi connectivity index (χ2v) is 6.29. The van der Waals surface area contributed by atoms with Gasteiger partial charge in [-0.1, -0.05) is 36.4 Å². The van der Waals surface area contributed by atoms with E-state index in [-0.39, 0.29) is 5.78 Å². The molecule has 2 aromatic carbocycles. The van der Waals surface area contributed by atoms with Crippen LogP contribution in [0.1, 0.15) is 31.9 Å². The van der Waals surface area contributed by atoms with E-state index in [1.165, 1.54) is 0 Å². The lowest BCUT2D eigenvalue weighted by atomic mass is 9.85. The van der Waals surface area contributed by atoms with Crippen LogP contribution < -0.4 is 4.74 Å². The summed E-state index contributed by atoms with van der Waals surface area (Å²) in [5, 5.41) is 1.98. The van der Waals surface area contributed by atoms with Crippen LogP contribution in [0.5, 0.6) is 5.75 Å². The molecule has 1 heterocycles. The number of carbonyl (C=O) groups is 1. The lowest BCUT2D eigenvalue weighted by molar-refractivity contribution is 0.103. The summed E-state index contributed by atoms with van der Waals surface area (Å²) in [6, 6.07) is 17.7. The molecule has 0 atom stereocenters. The fourth-order valence-corrected chi connectivity index (χ4v) is 3.81. The van der Waals surface area contributed by atoms with Gasteiger partial charge in [0.05, 0.1) is 7.11 Å². The molecular formula is C20H14O2S. The Morgan fingerprint density at radius 2 is 1.65 bits per heavy atom. The lowest BCUT2D eigenvalue weighted by Gasteiger charge is -2.18. The normalized spacial score (nSPS) is 14.5. The number of thiophene rings is 1. The van der Waals surface area contributed by atoms with Gasteiger partial charge in [0.15, 0.2) is 5.78 Å². The highest BCUT2D eigenvalue weighted by atomic mass is 32.1. The molecule has 0 N–H and O–H groups in total. The minimum absolute atomic E-state index is 0.115. The van der Waals surface area contributed by atoms with Gasteiger partial charge in [-0.2, -0.15) is 0 Å². The van der Waals surface area contributed by atoms with E-state index in [2.05, 4.69) is 6.08 Å². The van der Waals surface area contributed by atoms with Gasteiger partial charge >= 0.3 is 0 Å². The van der Waals surface area contributed by atoms with Gasteiger partial charge in [0.1, 0.15) is 5.75 Å². The third-order valence-electron chi connectivity index (χ3n) is 4.04. The Labute approximate surface area is 138 Å². The van der Waals surface area contributed by atoms with E-state index in [1.54, 1.807) is 18.4 Å². The molecule has 3 heteroatoms. The zero-order valence-electron chi connectivity index (χ0n) is 12.6. The van der Waals surface area contributed by atoms with Crippen molar-refractivity contribution in [1.82, 2.24) is 0 Å². The van der Waals surface area contributed by atoms with Crippen molar-refractivity contribution in [2.45, 2.75) is 0 Å². The van der Waals surface area contributed by atoms with Crippen molar-refractivity contribution in [3.05, 3.63) is 87.1 Å². The smallest absolute Gasteiger partial charge is 0.195 e. The quantitative estimate of drug-likeness (QED) is 0.526. The summed E-state index contributed by atoms with van der Waals surface area (Å²) in [5.74, 6) is 0.951. The van der Waals surface area contributed by atoms with Crippen molar-refractivity contribution >= 4 is 28.8 Å². The molecule has 0 aliphatic heterocycles. The van der Waals surface area contributed by atoms with E-state index < -0.39 is 0 Å². The van der Waals surface area contributed by atoms with Crippen LogP contribution in [0.4, 0.5) is 0 Å². The number of hydrogen-bond donors (Lipinski definition) is 0. The Bertz CT molecular complexity index is 917. The Kier molecular flexibility index (Phi) is 3.36. The van der Waals surface area contributed by atoms with Crippen LogP contribution in [-0.2, 0) is 0 Å². The predicted octanol–water partition coefficient (Wildman–Crippen LogP) is 4.89. The number of ketones is 1. The summed E-state index contributed by atoms with van der Waals surface area (Å²) in [7, 11) is 1.66. The van der Waals surface area contributed by atoms with Crippen molar-refractivity contribution in [2.24, 2.45) is 0 Å². The summed E-state index contributed by atoms with van der Waals surface area (Å²) < 4.78 is 5.21. The van der Waals surface area contributed by atoms with Crippen LogP contribution in [0, 0.1) is 0 Å². The molecule has 4 rings (SSSR count). The highest BCUT2D eigenvalue weighted by molar-refractivity contribution is 7.11. The van der Waals surface area contributed by atoms with Crippen molar-refractivity contribution in [2.75, 3.05) is 7.11 Å². The third-order valence-corrected chi connectivity index (χ3v) is 4.99. The number of ether oxygens (including phenoxy) is 1. The topological polar surface area (TPSA) is 26.3 Å². The van der Waals surface area contributed by atoms with Crippen molar-refractivity contribution in [1.29, 1.82) is 0 Å². The zero-order valence-corrected chi connectivity index (χ0v) is 13.4. The SMILES string of the molecule is COc1ccc(/C=C2/c3ccccc3C(=O)c3ccsc32)cc1. The maximum Gasteiger partial charge on any atom is 0.195 e. The number of fused-ring (bicyclic) bond motifs is 2. The number of methoxy groups -OCH3 is 1. The molecule has 0 bridgehead atoms. The second kappa shape index (κ2) is 5.52. The van der Waals surface area contributed by atoms with Gasteiger partial charge in [-0.05, 0) is 40.8 Å². The van der Waals surface area contributed by atoms with Crippen LogP contribution in [0.3, 0.4) is 0 Å². The molecule has 0 unspecified atom stereocenters. The molecule has 23 heavy (non-hydrogen) atoms. The highest BCUT2D eigenvalue weighted by Gasteiger charge is 2.27. The Morgan fingerprint density at radius 3 is 2.39 bits per heavy atom. The minimum Gasteiger partial charge on any atom is -0.497 e. The summed E-state index contributed by atoms with van der Waals surface area (Å²) >= 11 is 1.61. The number of carbonyl (C=O) groups excluding carboxylic acids is 1. The van der Waals surface area contributed by atoms with E-state index in [0.29, 0.717) is 0 Å². The van der Waals surface area contributed by atoms with E-state index >= 15 is 0 Å². The first kappa shape index (κ1) is 14.0. The Balaban J connectivity index is 1.90. The molecule has 0 saturated carbocycles. The molecule has 0 radical (unpaired) electrons. The summed E-state index contributed by atoms with van der Waals surface area (Å²) in [6.07, 6.45) is 2.14. The molecular weight excluding hydrogens is 304 g/mol. The van der Waals surface area contributed by atoms with Crippen LogP contribution in [0.2, 0.25) is 0 Å². The number of benzene rings is 2. The standard InChI is InChI=1S/C20H14O2S/c1-22-14-8-6-13(7-9-14)12-18-15-4-2-3-5-16(15)19(21)17-10-11-23-20(17)18/h2-12H,1H3/b18-12-. The summed E-state index contributed by atoms with van der Waals surface area (Å²) in [5.41, 5.74) is 4.77. The van der Waals surface area contributed by atoms with Gasteiger partial charge in [-0.3, -0.25) is 4.79 Å². The van der Waals surface area contributed by atoms with Crippen molar-refractivity contribution in [3.63, 3.8) is 0 Å². The minimum atomic E-state index is 0.115. The van der Waals surface area contributed by atoms with Gasteiger partial charge < -0.3 is 4.74 Å². The number of rotatable bonds is 2. The first-order valence-corrected chi connectivity index (χ1v) is 8.23. The van der Waals surface area contributed by atoms with Crippen molar-refractivity contribution in [3.8, 4) is 5.75 Å². The van der Waals surface area contributed by atoms with Crippen LogP contribution in [-0.4, -0.2) is 12.9 Å². The van der Waals surface area contributed by atoms with Crippen LogP contribution in [0.15, 0.2) is 60.0 Å². The van der Waals surface area contributed by atoms with Gasteiger partial charge in [0.2, 0.25) is 0 Å². The Morgan fingerprint density at radius 1 is 0.913 bits per heavy atom. The fraction of sp³-hybridized carbons (Fsp3) is 0.0500. The number of hydrogen-bond acceptors (Lipinski definition) is 3. The van der Waals surface area contributed by atoms with Crippen molar-refractivity contribution < 1.29 is 9.53 Å². The monoisotopic (exact) mass is 318 g/mol. The summed E-state index contributed by atoms with van der Waals surface area (Å²) in [4.78, 5) is 13.7. The lowest BCUT2D eigenvalue weighted by Crippen LogP contribution is -2.11. The zero-order chi connectivity index (χ0) is 15.8. The molecule has 0 spiro atoms. The van der Waals surface area contributed by atoms with E-state index in [1.807, 2.05) is 60.0 Å². The van der Waals surface area contributed by atoms with E-state index in [0.717, 1.165) is 38.5 Å². The highest BCUT2D eigenvalue weighted by Crippen LogP contribution is 2.40. The van der Waals surface area contributed by atoms with Crippen LogP contribution >= 0.6 is 11.3 Å². The molecule has 1 aliphatic rings. The molecule has 2 nitrogen and oxygen atoms in total. The van der Waals surface area contributed by atoms with E-state index in [9.17, 15) is 4.79 Å². The third kappa shape index (κ3) is 2.30. The molecule has 1 aliphatic carbocycles. The molecule has 112 valence electrons. The first-order valence-electron chi connectivity index (χ1n) is 7.35.